The van der Waals surface area contributed by atoms with Gasteiger partial charge in [-0.2, -0.15) is 0 Å². The summed E-state index contributed by atoms with van der Waals surface area (Å²) in [7, 11) is 0. The van der Waals surface area contributed by atoms with Crippen LogP contribution in [0.25, 0.3) is 10.9 Å². The molecule has 1 saturated heterocycles. The Labute approximate surface area is 142 Å². The molecule has 1 aromatic carbocycles. The first-order valence-electron chi connectivity index (χ1n) is 8.49. The van der Waals surface area contributed by atoms with Gasteiger partial charge in [0, 0.05) is 37.8 Å². The number of piperazine rings is 1. The molecular formula is C19H21N5. The molecule has 5 heteroatoms. The van der Waals surface area contributed by atoms with Crippen molar-refractivity contribution >= 4 is 22.5 Å². The van der Waals surface area contributed by atoms with Crippen LogP contribution in [0.5, 0.6) is 0 Å². The van der Waals surface area contributed by atoms with Crippen molar-refractivity contribution in [2.45, 2.75) is 13.3 Å². The number of rotatable bonds is 3. The molecular weight excluding hydrogens is 298 g/mol. The Bertz CT molecular complexity index is 826. The Morgan fingerprint density at radius 2 is 1.75 bits per heavy atom. The number of anilines is 2. The third-order valence-corrected chi connectivity index (χ3v) is 4.64. The van der Waals surface area contributed by atoms with Crippen molar-refractivity contribution in [1.29, 1.82) is 0 Å². The van der Waals surface area contributed by atoms with Crippen LogP contribution in [0.4, 0.5) is 11.6 Å². The Balaban J connectivity index is 1.58. The highest BCUT2D eigenvalue weighted by molar-refractivity contribution is 5.90. The van der Waals surface area contributed by atoms with Gasteiger partial charge in [-0.3, -0.25) is 0 Å². The summed E-state index contributed by atoms with van der Waals surface area (Å²) in [4.78, 5) is 18.2. The summed E-state index contributed by atoms with van der Waals surface area (Å²) in [5, 5.41) is 1.16. The molecule has 1 aliphatic rings. The summed E-state index contributed by atoms with van der Waals surface area (Å²) >= 11 is 0. The summed E-state index contributed by atoms with van der Waals surface area (Å²) in [5.74, 6) is 2.11. The summed E-state index contributed by atoms with van der Waals surface area (Å²) in [6.07, 6.45) is 4.55. The average molecular weight is 319 g/mol. The van der Waals surface area contributed by atoms with Gasteiger partial charge in [0.1, 0.15) is 18.0 Å². The van der Waals surface area contributed by atoms with Crippen LogP contribution in [0.1, 0.15) is 12.5 Å². The molecule has 0 atom stereocenters. The van der Waals surface area contributed by atoms with Gasteiger partial charge < -0.3 is 9.80 Å². The second-order valence-corrected chi connectivity index (χ2v) is 6.06. The van der Waals surface area contributed by atoms with E-state index in [0.29, 0.717) is 0 Å². The largest absolute Gasteiger partial charge is 0.353 e. The molecule has 3 heterocycles. The van der Waals surface area contributed by atoms with Gasteiger partial charge in [0.25, 0.3) is 0 Å². The van der Waals surface area contributed by atoms with Gasteiger partial charge in [0.2, 0.25) is 0 Å². The van der Waals surface area contributed by atoms with Gasteiger partial charge in [-0.05, 0) is 36.2 Å². The first-order chi connectivity index (χ1) is 11.8. The van der Waals surface area contributed by atoms with E-state index in [-0.39, 0.29) is 0 Å². The Hall–Kier alpha value is -2.69. The minimum Gasteiger partial charge on any atom is -0.353 e. The molecule has 5 nitrogen and oxygen atoms in total. The number of benzene rings is 1. The van der Waals surface area contributed by atoms with Crippen molar-refractivity contribution in [3.63, 3.8) is 0 Å². The van der Waals surface area contributed by atoms with E-state index in [1.54, 1.807) is 6.33 Å². The number of pyridine rings is 1. The normalized spacial score (nSPS) is 15.0. The van der Waals surface area contributed by atoms with Gasteiger partial charge in [0.05, 0.1) is 5.52 Å². The molecule has 0 bridgehead atoms. The fraction of sp³-hybridized carbons (Fsp3) is 0.316. The minimum absolute atomic E-state index is 0.943. The molecule has 1 aliphatic heterocycles. The molecule has 122 valence electrons. The van der Waals surface area contributed by atoms with Crippen LogP contribution in [0.2, 0.25) is 0 Å². The number of aryl methyl sites for hydroxylation is 1. The van der Waals surface area contributed by atoms with Crippen molar-refractivity contribution in [3.05, 3.63) is 54.5 Å². The van der Waals surface area contributed by atoms with Gasteiger partial charge in [-0.25, -0.2) is 15.0 Å². The Kier molecular flexibility index (Phi) is 3.99. The van der Waals surface area contributed by atoms with Crippen LogP contribution in [0, 0.1) is 0 Å². The van der Waals surface area contributed by atoms with Gasteiger partial charge in [-0.15, -0.1) is 0 Å². The molecule has 0 unspecified atom stereocenters. The molecule has 3 aromatic rings. The maximum Gasteiger partial charge on any atom is 0.140 e. The zero-order chi connectivity index (χ0) is 16.4. The third kappa shape index (κ3) is 2.77. The van der Waals surface area contributed by atoms with Crippen LogP contribution < -0.4 is 9.80 Å². The van der Waals surface area contributed by atoms with Crippen molar-refractivity contribution in [2.24, 2.45) is 0 Å². The molecule has 24 heavy (non-hydrogen) atoms. The lowest BCUT2D eigenvalue weighted by Gasteiger charge is -2.36. The van der Waals surface area contributed by atoms with Gasteiger partial charge in [-0.1, -0.05) is 19.1 Å². The molecule has 0 radical (unpaired) electrons. The third-order valence-electron chi connectivity index (χ3n) is 4.64. The maximum atomic E-state index is 4.58. The molecule has 0 saturated carbocycles. The van der Waals surface area contributed by atoms with E-state index in [4.69, 9.17) is 0 Å². The summed E-state index contributed by atoms with van der Waals surface area (Å²) in [6, 6.07) is 12.6. The predicted molar refractivity (Wildman–Crippen MR) is 97.6 cm³/mol. The highest BCUT2D eigenvalue weighted by Crippen LogP contribution is 2.26. The number of nitrogens with zero attached hydrogens (tertiary/aromatic N) is 5. The molecule has 2 aromatic heterocycles. The second kappa shape index (κ2) is 6.43. The highest BCUT2D eigenvalue weighted by atomic mass is 15.3. The van der Waals surface area contributed by atoms with E-state index in [1.165, 1.54) is 5.56 Å². The number of fused-ring (bicyclic) bond motifs is 1. The first kappa shape index (κ1) is 14.9. The number of aromatic nitrogens is 3. The van der Waals surface area contributed by atoms with Gasteiger partial charge >= 0.3 is 0 Å². The molecule has 0 N–H and O–H groups in total. The SMILES string of the molecule is CCc1ccc2ncnc(N3CCN(c4ccccn4)CC3)c2c1. The van der Waals surface area contributed by atoms with Crippen molar-refractivity contribution in [2.75, 3.05) is 36.0 Å². The van der Waals surface area contributed by atoms with Crippen molar-refractivity contribution in [3.8, 4) is 0 Å². The second-order valence-electron chi connectivity index (χ2n) is 6.06. The van der Waals surface area contributed by atoms with Crippen LogP contribution in [-0.2, 0) is 6.42 Å². The Morgan fingerprint density at radius 3 is 2.50 bits per heavy atom. The lowest BCUT2D eigenvalue weighted by Crippen LogP contribution is -2.47. The lowest BCUT2D eigenvalue weighted by molar-refractivity contribution is 0.643. The maximum absolute atomic E-state index is 4.58. The number of hydrogen-bond donors (Lipinski definition) is 0. The Morgan fingerprint density at radius 1 is 0.917 bits per heavy atom. The van der Waals surface area contributed by atoms with Crippen LogP contribution in [0.3, 0.4) is 0 Å². The van der Waals surface area contributed by atoms with Crippen molar-refractivity contribution < 1.29 is 0 Å². The van der Waals surface area contributed by atoms with Crippen molar-refractivity contribution in [1.82, 2.24) is 15.0 Å². The van der Waals surface area contributed by atoms with E-state index < -0.39 is 0 Å². The summed E-state index contributed by atoms with van der Waals surface area (Å²) in [5.41, 5.74) is 2.34. The monoisotopic (exact) mass is 319 g/mol. The molecule has 0 aliphatic carbocycles. The van der Waals surface area contributed by atoms with Crippen LogP contribution in [0.15, 0.2) is 48.9 Å². The quantitative estimate of drug-likeness (QED) is 0.743. The predicted octanol–water partition coefficient (Wildman–Crippen LogP) is 2.91. The first-order valence-corrected chi connectivity index (χ1v) is 8.49. The van der Waals surface area contributed by atoms with E-state index in [9.17, 15) is 0 Å². The van der Waals surface area contributed by atoms with E-state index in [2.05, 4.69) is 55.9 Å². The van der Waals surface area contributed by atoms with E-state index in [0.717, 1.165) is 55.1 Å². The standard InChI is InChI=1S/C19H21N5/c1-2-15-6-7-17-16(13-15)19(22-14-21-17)24-11-9-23(10-12-24)18-5-3-4-8-20-18/h3-8,13-14H,2,9-12H2,1H3. The molecule has 4 rings (SSSR count). The van der Waals surface area contributed by atoms with Gasteiger partial charge in [0.15, 0.2) is 0 Å². The molecule has 0 spiro atoms. The van der Waals surface area contributed by atoms with E-state index >= 15 is 0 Å². The topological polar surface area (TPSA) is 45.2 Å². The smallest absolute Gasteiger partial charge is 0.140 e. The fourth-order valence-corrected chi connectivity index (χ4v) is 3.25. The summed E-state index contributed by atoms with van der Waals surface area (Å²) < 4.78 is 0. The summed E-state index contributed by atoms with van der Waals surface area (Å²) in [6.45, 7) is 5.97. The minimum atomic E-state index is 0.943. The lowest BCUT2D eigenvalue weighted by atomic mass is 10.1. The zero-order valence-corrected chi connectivity index (χ0v) is 13.9. The molecule has 1 fully saturated rings. The average Bonchev–Trinajstić information content (AvgIpc) is 2.68. The van der Waals surface area contributed by atoms with E-state index in [1.807, 2.05) is 18.3 Å². The highest BCUT2D eigenvalue weighted by Gasteiger charge is 2.20. The number of hydrogen-bond acceptors (Lipinski definition) is 5. The van der Waals surface area contributed by atoms with Crippen LogP contribution >= 0.6 is 0 Å². The fourth-order valence-electron chi connectivity index (χ4n) is 3.25. The molecule has 0 amide bonds. The zero-order valence-electron chi connectivity index (χ0n) is 13.9. The van der Waals surface area contributed by atoms with Crippen LogP contribution in [-0.4, -0.2) is 41.1 Å².